The van der Waals surface area contributed by atoms with E-state index in [2.05, 4.69) is 5.32 Å². The molecule has 7 heteroatoms. The lowest BCUT2D eigenvalue weighted by atomic mass is 10.1. The zero-order chi connectivity index (χ0) is 16.2. The predicted molar refractivity (Wildman–Crippen MR) is 83.9 cm³/mol. The second-order valence-corrected chi connectivity index (χ2v) is 7.75. The van der Waals surface area contributed by atoms with E-state index in [4.69, 9.17) is 4.74 Å². The molecule has 0 unspecified atom stereocenters. The largest absolute Gasteiger partial charge is 0.492 e. The molecule has 5 nitrogen and oxygen atoms in total. The topological polar surface area (TPSA) is 58.6 Å². The molecule has 1 aliphatic rings. The van der Waals surface area contributed by atoms with Crippen molar-refractivity contribution in [1.82, 2.24) is 9.62 Å². The van der Waals surface area contributed by atoms with Crippen LogP contribution in [-0.2, 0) is 10.0 Å². The Morgan fingerprint density at radius 2 is 1.91 bits per heavy atom. The van der Waals surface area contributed by atoms with Crippen LogP contribution in [0.5, 0.6) is 5.75 Å². The van der Waals surface area contributed by atoms with E-state index in [9.17, 15) is 12.8 Å². The Morgan fingerprint density at radius 1 is 1.32 bits per heavy atom. The van der Waals surface area contributed by atoms with E-state index in [-0.39, 0.29) is 11.9 Å². The summed E-state index contributed by atoms with van der Waals surface area (Å²) >= 11 is 0. The number of nitrogens with zero attached hydrogens (tertiary/aromatic N) is 1. The Balaban J connectivity index is 1.72. The Morgan fingerprint density at radius 3 is 2.45 bits per heavy atom. The van der Waals surface area contributed by atoms with Crippen molar-refractivity contribution in [1.29, 1.82) is 0 Å². The maximum atomic E-state index is 12.8. The summed E-state index contributed by atoms with van der Waals surface area (Å²) in [4.78, 5) is 0. The highest BCUT2D eigenvalue weighted by molar-refractivity contribution is 7.88. The van der Waals surface area contributed by atoms with Crippen molar-refractivity contribution in [2.75, 3.05) is 26.0 Å². The van der Waals surface area contributed by atoms with E-state index in [1.807, 2.05) is 6.92 Å². The van der Waals surface area contributed by atoms with Gasteiger partial charge in [-0.3, -0.25) is 0 Å². The van der Waals surface area contributed by atoms with Crippen LogP contribution in [0.25, 0.3) is 0 Å². The van der Waals surface area contributed by atoms with Gasteiger partial charge in [0, 0.05) is 25.2 Å². The lowest BCUT2D eigenvalue weighted by Gasteiger charge is -2.32. The maximum absolute atomic E-state index is 12.8. The SMILES string of the molecule is C[C@@H](COc1ccc(F)cc1)NC1CCN(S(C)(=O)=O)CC1. The first kappa shape index (κ1) is 17.2. The zero-order valence-electron chi connectivity index (χ0n) is 13.0. The van der Waals surface area contributed by atoms with Crippen molar-refractivity contribution in [3.63, 3.8) is 0 Å². The van der Waals surface area contributed by atoms with Crippen LogP contribution in [0.4, 0.5) is 4.39 Å². The Hall–Kier alpha value is -1.18. The number of sulfonamides is 1. The number of piperidine rings is 1. The summed E-state index contributed by atoms with van der Waals surface area (Å²) in [6.07, 6.45) is 2.85. The minimum Gasteiger partial charge on any atom is -0.492 e. The molecule has 0 bridgehead atoms. The van der Waals surface area contributed by atoms with Crippen molar-refractivity contribution in [2.24, 2.45) is 0 Å². The number of benzene rings is 1. The van der Waals surface area contributed by atoms with Gasteiger partial charge in [0.2, 0.25) is 10.0 Å². The average Bonchev–Trinajstić information content (AvgIpc) is 2.46. The van der Waals surface area contributed by atoms with Crippen LogP contribution in [0.2, 0.25) is 0 Å². The fourth-order valence-corrected chi connectivity index (χ4v) is 3.43. The smallest absolute Gasteiger partial charge is 0.211 e. The second-order valence-electron chi connectivity index (χ2n) is 5.77. The molecule has 2 rings (SSSR count). The van der Waals surface area contributed by atoms with E-state index < -0.39 is 10.0 Å². The van der Waals surface area contributed by atoms with Crippen molar-refractivity contribution < 1.29 is 17.5 Å². The third-order valence-electron chi connectivity index (χ3n) is 3.76. The van der Waals surface area contributed by atoms with Crippen LogP contribution < -0.4 is 10.1 Å². The average molecular weight is 330 g/mol. The summed E-state index contributed by atoms with van der Waals surface area (Å²) < 4.78 is 42.8. The molecule has 0 saturated carbocycles. The van der Waals surface area contributed by atoms with Gasteiger partial charge in [-0.1, -0.05) is 0 Å². The summed E-state index contributed by atoms with van der Waals surface area (Å²) in [6.45, 7) is 3.62. The number of hydrogen-bond acceptors (Lipinski definition) is 4. The van der Waals surface area contributed by atoms with Gasteiger partial charge in [0.25, 0.3) is 0 Å². The third-order valence-corrected chi connectivity index (χ3v) is 5.06. The number of rotatable bonds is 6. The van der Waals surface area contributed by atoms with Crippen LogP contribution in [0.1, 0.15) is 19.8 Å². The Bertz CT molecular complexity index is 569. The van der Waals surface area contributed by atoms with Crippen molar-refractivity contribution >= 4 is 10.0 Å². The molecule has 124 valence electrons. The first-order valence-corrected chi connectivity index (χ1v) is 9.29. The molecule has 1 aromatic rings. The van der Waals surface area contributed by atoms with E-state index in [0.717, 1.165) is 12.8 Å². The Kier molecular flexibility index (Phi) is 5.77. The molecule has 1 aliphatic heterocycles. The molecule has 0 radical (unpaired) electrons. The lowest BCUT2D eigenvalue weighted by molar-refractivity contribution is 0.229. The normalized spacial score (nSPS) is 19.0. The molecule has 0 aliphatic carbocycles. The van der Waals surface area contributed by atoms with Crippen LogP contribution >= 0.6 is 0 Å². The van der Waals surface area contributed by atoms with Crippen LogP contribution in [0.15, 0.2) is 24.3 Å². The first-order chi connectivity index (χ1) is 10.3. The number of hydrogen-bond donors (Lipinski definition) is 1. The molecule has 1 N–H and O–H groups in total. The third kappa shape index (κ3) is 5.23. The molecule has 0 spiro atoms. The Labute approximate surface area is 131 Å². The van der Waals surface area contributed by atoms with Gasteiger partial charge in [0.15, 0.2) is 0 Å². The van der Waals surface area contributed by atoms with Gasteiger partial charge in [-0.15, -0.1) is 0 Å². The number of nitrogens with one attached hydrogen (secondary N) is 1. The summed E-state index contributed by atoms with van der Waals surface area (Å²) in [7, 11) is -3.08. The lowest BCUT2D eigenvalue weighted by Crippen LogP contribution is -2.48. The van der Waals surface area contributed by atoms with Gasteiger partial charge < -0.3 is 10.1 Å². The summed E-state index contributed by atoms with van der Waals surface area (Å²) in [5.41, 5.74) is 0. The molecule has 1 heterocycles. The zero-order valence-corrected chi connectivity index (χ0v) is 13.8. The van der Waals surface area contributed by atoms with Crippen LogP contribution in [-0.4, -0.2) is 50.8 Å². The molecule has 1 saturated heterocycles. The second kappa shape index (κ2) is 7.39. The van der Waals surface area contributed by atoms with E-state index in [1.54, 1.807) is 12.1 Å². The fraction of sp³-hybridized carbons (Fsp3) is 0.600. The molecule has 1 aromatic carbocycles. The number of halogens is 1. The predicted octanol–water partition coefficient (Wildman–Crippen LogP) is 1.61. The minimum absolute atomic E-state index is 0.139. The van der Waals surface area contributed by atoms with Gasteiger partial charge in [-0.25, -0.2) is 17.1 Å². The van der Waals surface area contributed by atoms with E-state index >= 15 is 0 Å². The van der Waals surface area contributed by atoms with Gasteiger partial charge in [0.05, 0.1) is 6.26 Å². The first-order valence-electron chi connectivity index (χ1n) is 7.44. The molecule has 22 heavy (non-hydrogen) atoms. The highest BCUT2D eigenvalue weighted by atomic mass is 32.2. The van der Waals surface area contributed by atoms with Gasteiger partial charge in [-0.05, 0) is 44.0 Å². The summed E-state index contributed by atoms with van der Waals surface area (Å²) in [5, 5.41) is 3.45. The number of ether oxygens (including phenoxy) is 1. The van der Waals surface area contributed by atoms with Gasteiger partial charge in [0.1, 0.15) is 18.2 Å². The molecular formula is C15H23FN2O3S. The van der Waals surface area contributed by atoms with Crippen molar-refractivity contribution in [3.05, 3.63) is 30.1 Å². The van der Waals surface area contributed by atoms with Crippen LogP contribution in [0.3, 0.4) is 0 Å². The van der Waals surface area contributed by atoms with Gasteiger partial charge >= 0.3 is 0 Å². The quantitative estimate of drug-likeness (QED) is 0.861. The van der Waals surface area contributed by atoms with Crippen molar-refractivity contribution in [2.45, 2.75) is 31.8 Å². The van der Waals surface area contributed by atoms with E-state index in [1.165, 1.54) is 22.7 Å². The monoisotopic (exact) mass is 330 g/mol. The van der Waals surface area contributed by atoms with E-state index in [0.29, 0.717) is 31.5 Å². The molecule has 1 fully saturated rings. The minimum atomic E-state index is -3.08. The highest BCUT2D eigenvalue weighted by Gasteiger charge is 2.25. The van der Waals surface area contributed by atoms with Gasteiger partial charge in [-0.2, -0.15) is 0 Å². The fourth-order valence-electron chi connectivity index (χ4n) is 2.56. The molecular weight excluding hydrogens is 307 g/mol. The van der Waals surface area contributed by atoms with Crippen LogP contribution in [0, 0.1) is 5.82 Å². The maximum Gasteiger partial charge on any atom is 0.211 e. The van der Waals surface area contributed by atoms with Crippen molar-refractivity contribution in [3.8, 4) is 5.75 Å². The summed E-state index contributed by atoms with van der Waals surface area (Å²) in [6, 6.07) is 6.38. The standard InChI is InChI=1S/C15H23FN2O3S/c1-12(11-21-15-5-3-13(16)4-6-15)17-14-7-9-18(10-8-14)22(2,19)20/h3-6,12,14,17H,7-11H2,1-2H3/t12-/m0/s1. The summed E-state index contributed by atoms with van der Waals surface area (Å²) in [5.74, 6) is 0.359. The molecule has 0 amide bonds. The highest BCUT2D eigenvalue weighted by Crippen LogP contribution is 2.15. The molecule has 1 atom stereocenters. The molecule has 0 aromatic heterocycles.